The average molecular weight is 527 g/mol. The fraction of sp³-hybridized carbons (Fsp3) is 0.448. The topological polar surface area (TPSA) is 80.9 Å². The summed E-state index contributed by atoms with van der Waals surface area (Å²) in [6, 6.07) is 11.5. The molecule has 37 heavy (non-hydrogen) atoms. The molecule has 0 bridgehead atoms. The highest BCUT2D eigenvalue weighted by atomic mass is 35.5. The molecule has 1 aromatic heterocycles. The molecular weight excluding hydrogens is 492 g/mol. The van der Waals surface area contributed by atoms with E-state index >= 15 is 0 Å². The van der Waals surface area contributed by atoms with Crippen LogP contribution in [-0.2, 0) is 9.47 Å². The first-order valence-electron chi connectivity index (χ1n) is 12.7. The average Bonchev–Trinajstić information content (AvgIpc) is 3.24. The number of piperidine rings is 1. The molecule has 1 N–H and O–H groups in total. The highest BCUT2D eigenvalue weighted by Crippen LogP contribution is 2.34. The number of carbonyl (C=O) groups excluding carboxylic acids is 2. The van der Waals surface area contributed by atoms with E-state index in [1.165, 1.54) is 0 Å². The number of nitrogens with one attached hydrogen (secondary N) is 1. The maximum Gasteiger partial charge on any atom is 0.410 e. The number of hydrogen-bond acceptors (Lipinski definition) is 5. The van der Waals surface area contributed by atoms with Crippen molar-refractivity contribution in [1.29, 1.82) is 0 Å². The molecule has 2 heterocycles. The van der Waals surface area contributed by atoms with Crippen molar-refractivity contribution >= 4 is 34.6 Å². The molecule has 0 atom stereocenters. The van der Waals surface area contributed by atoms with Crippen molar-refractivity contribution in [1.82, 2.24) is 9.88 Å². The lowest BCUT2D eigenvalue weighted by Gasteiger charge is -2.33. The quantitative estimate of drug-likeness (QED) is 0.347. The summed E-state index contributed by atoms with van der Waals surface area (Å²) >= 11 is 6.59. The zero-order chi connectivity index (χ0) is 26.7. The third-order valence-corrected chi connectivity index (χ3v) is 6.41. The Labute approximate surface area is 223 Å². The van der Waals surface area contributed by atoms with E-state index in [9.17, 15) is 9.59 Å². The fourth-order valence-electron chi connectivity index (χ4n) is 4.24. The van der Waals surface area contributed by atoms with Gasteiger partial charge in [0.15, 0.2) is 0 Å². The third kappa shape index (κ3) is 6.77. The van der Waals surface area contributed by atoms with E-state index in [4.69, 9.17) is 25.8 Å². The number of likely N-dealkylation sites (tertiary alicyclic amines) is 1. The number of halogens is 1. The number of fused-ring (bicyclic) bond motifs is 1. The van der Waals surface area contributed by atoms with Crippen LogP contribution in [0.4, 0.5) is 4.79 Å². The minimum Gasteiger partial charge on any atom is -0.490 e. The van der Waals surface area contributed by atoms with Crippen molar-refractivity contribution < 1.29 is 23.8 Å². The maximum atomic E-state index is 12.6. The van der Waals surface area contributed by atoms with Gasteiger partial charge in [0.2, 0.25) is 0 Å². The van der Waals surface area contributed by atoms with E-state index in [1.807, 2.05) is 71.0 Å². The summed E-state index contributed by atoms with van der Waals surface area (Å²) in [5.74, 6) is 0.670. The van der Waals surface area contributed by atoms with Gasteiger partial charge in [-0.05, 0) is 56.5 Å². The largest absolute Gasteiger partial charge is 0.490 e. The highest BCUT2D eigenvalue weighted by molar-refractivity contribution is 6.34. The van der Waals surface area contributed by atoms with Gasteiger partial charge in [-0.3, -0.25) is 0 Å². The number of amides is 1. The fourth-order valence-corrected chi connectivity index (χ4v) is 4.51. The molecule has 0 spiro atoms. The first-order valence-corrected chi connectivity index (χ1v) is 13.1. The van der Waals surface area contributed by atoms with E-state index in [2.05, 4.69) is 4.98 Å². The third-order valence-electron chi connectivity index (χ3n) is 6.10. The second-order valence-electron chi connectivity index (χ2n) is 10.9. The second kappa shape index (κ2) is 11.1. The van der Waals surface area contributed by atoms with Crippen LogP contribution < -0.4 is 4.74 Å². The van der Waals surface area contributed by atoms with E-state index in [0.717, 1.165) is 40.6 Å². The summed E-state index contributed by atoms with van der Waals surface area (Å²) in [4.78, 5) is 29.7. The summed E-state index contributed by atoms with van der Waals surface area (Å²) in [6.45, 7) is 11.2. The van der Waals surface area contributed by atoms with Crippen molar-refractivity contribution in [3.63, 3.8) is 0 Å². The van der Waals surface area contributed by atoms with Crippen molar-refractivity contribution in [2.24, 2.45) is 5.92 Å². The Kier molecular flexibility index (Phi) is 8.02. The van der Waals surface area contributed by atoms with Gasteiger partial charge in [0.25, 0.3) is 0 Å². The Bertz CT molecular complexity index is 1250. The van der Waals surface area contributed by atoms with Crippen LogP contribution >= 0.6 is 11.6 Å². The number of rotatable bonds is 6. The zero-order valence-corrected chi connectivity index (χ0v) is 22.9. The number of esters is 1. The number of benzene rings is 2. The number of aromatic amines is 1. The number of nitrogens with zero attached hydrogens (tertiary/aromatic N) is 1. The summed E-state index contributed by atoms with van der Waals surface area (Å²) < 4.78 is 17.1. The molecule has 3 aromatic rings. The van der Waals surface area contributed by atoms with Gasteiger partial charge < -0.3 is 24.1 Å². The smallest absolute Gasteiger partial charge is 0.410 e. The molecular formula is C29H35ClN2O5. The first-order chi connectivity index (χ1) is 17.5. The lowest BCUT2D eigenvalue weighted by molar-refractivity contribution is 0.0126. The lowest BCUT2D eigenvalue weighted by atomic mass is 10.0. The van der Waals surface area contributed by atoms with Crippen LogP contribution in [0.2, 0.25) is 5.02 Å². The molecule has 4 rings (SSSR count). The molecule has 1 aliphatic rings. The summed E-state index contributed by atoms with van der Waals surface area (Å²) in [5.41, 5.74) is 2.51. The predicted octanol–water partition coefficient (Wildman–Crippen LogP) is 7.08. The molecule has 1 aliphatic heterocycles. The Morgan fingerprint density at radius 3 is 2.41 bits per heavy atom. The Balaban J connectivity index is 1.42. The molecule has 2 aromatic carbocycles. The van der Waals surface area contributed by atoms with Gasteiger partial charge in [0.1, 0.15) is 17.5 Å². The van der Waals surface area contributed by atoms with Crippen molar-refractivity contribution in [2.75, 3.05) is 19.7 Å². The number of hydrogen-bond donors (Lipinski definition) is 1. The second-order valence-corrected chi connectivity index (χ2v) is 11.3. The molecule has 1 fully saturated rings. The molecule has 0 unspecified atom stereocenters. The predicted molar refractivity (Wildman–Crippen MR) is 145 cm³/mol. The Morgan fingerprint density at radius 2 is 1.78 bits per heavy atom. The van der Waals surface area contributed by atoms with Crippen LogP contribution in [0.1, 0.15) is 57.8 Å². The minimum atomic E-state index is -0.501. The van der Waals surface area contributed by atoms with Crippen LogP contribution in [0.25, 0.3) is 22.0 Å². The first kappa shape index (κ1) is 26.9. The van der Waals surface area contributed by atoms with Crippen molar-refractivity contribution in [3.8, 4) is 16.9 Å². The van der Waals surface area contributed by atoms with Crippen LogP contribution in [0.3, 0.4) is 0 Å². The van der Waals surface area contributed by atoms with Crippen molar-refractivity contribution in [3.05, 3.63) is 53.2 Å². The lowest BCUT2D eigenvalue weighted by Crippen LogP contribution is -2.44. The number of ether oxygens (including phenoxy) is 3. The van der Waals surface area contributed by atoms with Gasteiger partial charge in [-0.15, -0.1) is 0 Å². The van der Waals surface area contributed by atoms with Gasteiger partial charge in [-0.1, -0.05) is 37.6 Å². The van der Waals surface area contributed by atoms with E-state index in [1.54, 1.807) is 11.1 Å². The van der Waals surface area contributed by atoms with Crippen LogP contribution in [-0.4, -0.2) is 53.3 Å². The maximum absolute atomic E-state index is 12.6. The molecule has 1 amide bonds. The molecule has 0 saturated carbocycles. The van der Waals surface area contributed by atoms with E-state index < -0.39 is 5.60 Å². The number of H-pyrrole nitrogens is 1. The standard InChI is InChI=1S/C29H35ClN2O5/c1-18(2)17-35-27(33)24-16-31-26-15-25(30)22(14-23(24)26)19-6-8-20(9-7-19)36-21-10-12-32(13-11-21)28(34)37-29(3,4)5/h6-9,14-16,18,21,31H,10-13,17H2,1-5H3. The van der Waals surface area contributed by atoms with E-state index in [0.29, 0.717) is 30.3 Å². The van der Waals surface area contributed by atoms with Gasteiger partial charge in [0.05, 0.1) is 17.2 Å². The zero-order valence-electron chi connectivity index (χ0n) is 22.1. The summed E-state index contributed by atoms with van der Waals surface area (Å²) in [7, 11) is 0. The van der Waals surface area contributed by atoms with Crippen LogP contribution in [0.5, 0.6) is 5.75 Å². The SMILES string of the molecule is CC(C)COC(=O)c1c[nH]c2cc(Cl)c(-c3ccc(OC4CCN(C(=O)OC(C)(C)C)CC4)cc3)cc12. The molecule has 7 nitrogen and oxygen atoms in total. The highest BCUT2D eigenvalue weighted by Gasteiger charge is 2.27. The Morgan fingerprint density at radius 1 is 1.11 bits per heavy atom. The van der Waals surface area contributed by atoms with Gasteiger partial charge in [0, 0.05) is 48.6 Å². The minimum absolute atomic E-state index is 0.0312. The van der Waals surface area contributed by atoms with Crippen LogP contribution in [0, 0.1) is 5.92 Å². The van der Waals surface area contributed by atoms with Gasteiger partial charge >= 0.3 is 12.1 Å². The number of aromatic nitrogens is 1. The summed E-state index contributed by atoms with van der Waals surface area (Å²) in [5, 5.41) is 1.35. The van der Waals surface area contributed by atoms with Crippen molar-refractivity contribution in [2.45, 2.75) is 59.2 Å². The van der Waals surface area contributed by atoms with Gasteiger partial charge in [-0.2, -0.15) is 0 Å². The van der Waals surface area contributed by atoms with Crippen LogP contribution in [0.15, 0.2) is 42.6 Å². The van der Waals surface area contributed by atoms with Gasteiger partial charge in [-0.25, -0.2) is 9.59 Å². The monoisotopic (exact) mass is 526 g/mol. The summed E-state index contributed by atoms with van der Waals surface area (Å²) in [6.07, 6.45) is 2.91. The number of carbonyl (C=O) groups is 2. The molecule has 1 saturated heterocycles. The van der Waals surface area contributed by atoms with E-state index in [-0.39, 0.29) is 24.1 Å². The normalized spacial score (nSPS) is 14.7. The molecule has 8 heteroatoms. The molecule has 0 radical (unpaired) electrons. The molecule has 0 aliphatic carbocycles. The Hall–Kier alpha value is -3.19. The molecule has 198 valence electrons.